The first-order valence-electron chi connectivity index (χ1n) is 9.20. The number of halogens is 4. The van der Waals surface area contributed by atoms with E-state index in [2.05, 4.69) is 15.2 Å². The summed E-state index contributed by atoms with van der Waals surface area (Å²) in [5, 5.41) is 2.67. The van der Waals surface area contributed by atoms with Crippen LogP contribution in [-0.4, -0.2) is 48.1 Å². The molecule has 1 amide bonds. The molecule has 1 aliphatic heterocycles. The highest BCUT2D eigenvalue weighted by atomic mass is 35.5. The van der Waals surface area contributed by atoms with E-state index in [9.17, 15) is 18.0 Å². The van der Waals surface area contributed by atoms with E-state index in [-0.39, 0.29) is 23.9 Å². The summed E-state index contributed by atoms with van der Waals surface area (Å²) < 4.78 is 43.5. The molecule has 1 saturated heterocycles. The fourth-order valence-electron chi connectivity index (χ4n) is 3.07. The molecule has 0 radical (unpaired) electrons. The van der Waals surface area contributed by atoms with Gasteiger partial charge in [0.25, 0.3) is 0 Å². The van der Waals surface area contributed by atoms with Gasteiger partial charge in [-0.25, -0.2) is 0 Å². The number of hydrogen-bond acceptors (Lipinski definition) is 4. The van der Waals surface area contributed by atoms with Gasteiger partial charge in [-0.2, -0.15) is 13.2 Å². The maximum atomic E-state index is 12.7. The van der Waals surface area contributed by atoms with Crippen LogP contribution < -0.4 is 5.32 Å². The number of pyridine rings is 1. The number of ether oxygens (including phenoxy) is 1. The van der Waals surface area contributed by atoms with Crippen LogP contribution in [0.15, 0.2) is 42.6 Å². The summed E-state index contributed by atoms with van der Waals surface area (Å²) in [6.07, 6.45) is -4.12. The van der Waals surface area contributed by atoms with Crippen LogP contribution in [0.5, 0.6) is 0 Å². The standard InChI is InChI=1S/C20H21ClF3N3O2/c21-16-10-15(20(22,23)24)11-26-17(16)6-7-25-19(28)18-13-27(8-9-29-18)12-14-4-2-1-3-5-14/h1-5,10-11,18H,6-9,12-13H2,(H,25,28). The van der Waals surface area contributed by atoms with E-state index < -0.39 is 17.8 Å². The molecule has 1 aromatic heterocycles. The molecule has 1 aromatic carbocycles. The summed E-state index contributed by atoms with van der Waals surface area (Å²) >= 11 is 5.89. The Labute approximate surface area is 171 Å². The third-order valence-electron chi connectivity index (χ3n) is 4.60. The molecule has 156 valence electrons. The summed E-state index contributed by atoms with van der Waals surface area (Å²) in [7, 11) is 0. The zero-order valence-corrected chi connectivity index (χ0v) is 16.3. The normalized spacial score (nSPS) is 17.9. The van der Waals surface area contributed by atoms with Gasteiger partial charge >= 0.3 is 6.18 Å². The molecule has 1 fully saturated rings. The number of nitrogens with zero attached hydrogens (tertiary/aromatic N) is 2. The molecule has 2 aromatic rings. The molecule has 3 rings (SSSR count). The van der Waals surface area contributed by atoms with Gasteiger partial charge in [-0.3, -0.25) is 14.7 Å². The van der Waals surface area contributed by atoms with Gasteiger partial charge in [0.1, 0.15) is 6.10 Å². The maximum Gasteiger partial charge on any atom is 0.417 e. The average Bonchev–Trinajstić information content (AvgIpc) is 2.69. The van der Waals surface area contributed by atoms with Crippen molar-refractivity contribution in [3.8, 4) is 0 Å². The lowest BCUT2D eigenvalue weighted by molar-refractivity contribution is -0.139. The highest BCUT2D eigenvalue weighted by molar-refractivity contribution is 6.31. The molecule has 0 spiro atoms. The van der Waals surface area contributed by atoms with Crippen molar-refractivity contribution in [2.24, 2.45) is 0 Å². The molecule has 1 N–H and O–H groups in total. The zero-order chi connectivity index (χ0) is 20.9. The second-order valence-electron chi connectivity index (χ2n) is 6.77. The molecule has 0 saturated carbocycles. The molecular weight excluding hydrogens is 407 g/mol. The van der Waals surface area contributed by atoms with Crippen LogP contribution in [0.4, 0.5) is 13.2 Å². The smallest absolute Gasteiger partial charge is 0.366 e. The van der Waals surface area contributed by atoms with Gasteiger partial charge in [0.15, 0.2) is 0 Å². The third kappa shape index (κ3) is 6.16. The number of amides is 1. The number of aromatic nitrogens is 1. The molecule has 1 atom stereocenters. The number of rotatable bonds is 6. The van der Waals surface area contributed by atoms with Crippen LogP contribution >= 0.6 is 11.6 Å². The third-order valence-corrected chi connectivity index (χ3v) is 4.93. The Morgan fingerprint density at radius 1 is 1.31 bits per heavy atom. The minimum Gasteiger partial charge on any atom is -0.366 e. The minimum absolute atomic E-state index is 0.0722. The Kier molecular flexibility index (Phi) is 7.10. The van der Waals surface area contributed by atoms with Crippen molar-refractivity contribution >= 4 is 17.5 Å². The average molecular weight is 428 g/mol. The van der Waals surface area contributed by atoms with Crippen molar-refractivity contribution in [3.05, 3.63) is 64.4 Å². The lowest BCUT2D eigenvalue weighted by atomic mass is 10.2. The van der Waals surface area contributed by atoms with Gasteiger partial charge in [0, 0.05) is 38.8 Å². The highest BCUT2D eigenvalue weighted by Crippen LogP contribution is 2.31. The predicted octanol–water partition coefficient (Wildman–Crippen LogP) is 3.31. The lowest BCUT2D eigenvalue weighted by Crippen LogP contribution is -2.49. The van der Waals surface area contributed by atoms with Gasteiger partial charge in [-0.05, 0) is 11.6 Å². The molecular formula is C20H21ClF3N3O2. The fraction of sp³-hybridized carbons (Fsp3) is 0.400. The van der Waals surface area contributed by atoms with Crippen LogP contribution in [0.2, 0.25) is 5.02 Å². The molecule has 9 heteroatoms. The second kappa shape index (κ2) is 9.56. The van der Waals surface area contributed by atoms with Crippen LogP contribution in [0.1, 0.15) is 16.8 Å². The largest absolute Gasteiger partial charge is 0.417 e. The Balaban J connectivity index is 1.48. The zero-order valence-electron chi connectivity index (χ0n) is 15.6. The fourth-order valence-corrected chi connectivity index (χ4v) is 3.33. The Bertz CT molecular complexity index is 833. The SMILES string of the molecule is O=C(NCCc1ncc(C(F)(F)F)cc1Cl)C1CN(Cc2ccccc2)CCO1. The summed E-state index contributed by atoms with van der Waals surface area (Å²) in [6.45, 7) is 2.61. The van der Waals surface area contributed by atoms with E-state index in [0.29, 0.717) is 18.8 Å². The summed E-state index contributed by atoms with van der Waals surface area (Å²) in [6, 6.07) is 10.8. The Morgan fingerprint density at radius 2 is 2.07 bits per heavy atom. The number of alkyl halides is 3. The van der Waals surface area contributed by atoms with Crippen molar-refractivity contribution in [2.45, 2.75) is 25.2 Å². The van der Waals surface area contributed by atoms with Crippen LogP contribution in [0, 0.1) is 0 Å². The van der Waals surface area contributed by atoms with Crippen molar-refractivity contribution in [1.29, 1.82) is 0 Å². The molecule has 1 aliphatic rings. The van der Waals surface area contributed by atoms with E-state index in [1.165, 1.54) is 0 Å². The second-order valence-corrected chi connectivity index (χ2v) is 7.18. The first-order chi connectivity index (χ1) is 13.8. The van der Waals surface area contributed by atoms with Crippen LogP contribution in [0.25, 0.3) is 0 Å². The van der Waals surface area contributed by atoms with E-state index in [1.807, 2.05) is 30.3 Å². The number of hydrogen-bond donors (Lipinski definition) is 1. The minimum atomic E-state index is -4.49. The van der Waals surface area contributed by atoms with Gasteiger partial charge in [-0.1, -0.05) is 41.9 Å². The molecule has 0 aliphatic carbocycles. The first-order valence-corrected chi connectivity index (χ1v) is 9.58. The van der Waals surface area contributed by atoms with Crippen molar-refractivity contribution in [1.82, 2.24) is 15.2 Å². The van der Waals surface area contributed by atoms with Crippen LogP contribution in [-0.2, 0) is 28.7 Å². The number of morpholine rings is 1. The predicted molar refractivity (Wildman–Crippen MR) is 102 cm³/mol. The molecule has 29 heavy (non-hydrogen) atoms. The van der Waals surface area contributed by atoms with E-state index in [0.717, 1.165) is 30.9 Å². The van der Waals surface area contributed by atoms with Crippen molar-refractivity contribution in [2.75, 3.05) is 26.2 Å². The molecule has 5 nitrogen and oxygen atoms in total. The van der Waals surface area contributed by atoms with E-state index >= 15 is 0 Å². The topological polar surface area (TPSA) is 54.5 Å². The van der Waals surface area contributed by atoms with Gasteiger partial charge in [0.05, 0.1) is 22.9 Å². The highest BCUT2D eigenvalue weighted by Gasteiger charge is 2.31. The van der Waals surface area contributed by atoms with E-state index in [4.69, 9.17) is 16.3 Å². The number of carbonyl (C=O) groups excluding carboxylic acids is 1. The molecule has 0 bridgehead atoms. The van der Waals surface area contributed by atoms with Gasteiger partial charge in [-0.15, -0.1) is 0 Å². The Hall–Kier alpha value is -2.16. The summed E-state index contributed by atoms with van der Waals surface area (Å²) in [4.78, 5) is 18.3. The van der Waals surface area contributed by atoms with Gasteiger partial charge in [0.2, 0.25) is 5.91 Å². The maximum absolute atomic E-state index is 12.7. The monoisotopic (exact) mass is 427 g/mol. The first kappa shape index (κ1) is 21.5. The summed E-state index contributed by atoms with van der Waals surface area (Å²) in [5.41, 5.74) is 0.566. The quantitative estimate of drug-likeness (QED) is 0.768. The van der Waals surface area contributed by atoms with Crippen molar-refractivity contribution in [3.63, 3.8) is 0 Å². The summed E-state index contributed by atoms with van der Waals surface area (Å²) in [5.74, 6) is -0.259. The van der Waals surface area contributed by atoms with Crippen LogP contribution in [0.3, 0.4) is 0 Å². The van der Waals surface area contributed by atoms with Crippen molar-refractivity contribution < 1.29 is 22.7 Å². The number of nitrogens with one attached hydrogen (secondary N) is 1. The number of carbonyl (C=O) groups is 1. The lowest BCUT2D eigenvalue weighted by Gasteiger charge is -2.32. The molecule has 1 unspecified atom stereocenters. The Morgan fingerprint density at radius 3 is 2.76 bits per heavy atom. The van der Waals surface area contributed by atoms with Gasteiger partial charge < -0.3 is 10.1 Å². The van der Waals surface area contributed by atoms with E-state index in [1.54, 1.807) is 0 Å². The molecule has 2 heterocycles. The number of benzene rings is 1.